The quantitative estimate of drug-likeness (QED) is 0.293. The van der Waals surface area contributed by atoms with Crippen LogP contribution in [-0.4, -0.2) is 36.2 Å². The maximum atomic E-state index is 15.3. The number of nitrogens with zero attached hydrogens (tertiary/aromatic N) is 3. The van der Waals surface area contributed by atoms with Crippen LogP contribution < -0.4 is 26.6 Å². The van der Waals surface area contributed by atoms with Gasteiger partial charge in [-0.2, -0.15) is 4.37 Å². The normalized spacial score (nSPS) is 11.5. The summed E-state index contributed by atoms with van der Waals surface area (Å²) in [7, 11) is 3.74. The first-order chi connectivity index (χ1) is 18.7. The number of nitrogens with two attached hydrogens (primary N) is 2. The predicted octanol–water partition coefficient (Wildman–Crippen LogP) is 3.73. The Bertz CT molecular complexity index is 1490. The van der Waals surface area contributed by atoms with Crippen molar-refractivity contribution in [2.75, 3.05) is 29.6 Å². The minimum absolute atomic E-state index is 0.141. The summed E-state index contributed by atoms with van der Waals surface area (Å²) in [5, 5.41) is 2.87. The third-order valence-corrected chi connectivity index (χ3v) is 6.88. The molecule has 0 aliphatic heterocycles. The number of hydrogen-bond acceptors (Lipinski definition) is 7. The Hall–Kier alpha value is -4.77. The molecule has 4 aromatic rings. The summed E-state index contributed by atoms with van der Waals surface area (Å²) in [5.41, 5.74) is 12.9. The summed E-state index contributed by atoms with van der Waals surface area (Å²) in [6.45, 7) is 0.180. The van der Waals surface area contributed by atoms with E-state index in [2.05, 4.69) is 9.69 Å². The molecule has 0 fully saturated rings. The van der Waals surface area contributed by atoms with Gasteiger partial charge in [-0.25, -0.2) is 4.39 Å². The minimum atomic E-state index is -1.30. The summed E-state index contributed by atoms with van der Waals surface area (Å²) in [4.78, 5) is 42.4. The molecule has 1 heterocycles. The molecule has 1 aromatic heterocycles. The van der Waals surface area contributed by atoms with Gasteiger partial charge in [-0.15, -0.1) is 0 Å². The molecule has 11 heteroatoms. The van der Waals surface area contributed by atoms with E-state index in [0.717, 1.165) is 16.2 Å². The first-order valence-corrected chi connectivity index (χ1v) is 12.7. The van der Waals surface area contributed by atoms with Crippen molar-refractivity contribution in [3.63, 3.8) is 0 Å². The molecule has 0 bridgehead atoms. The molecule has 0 spiro atoms. The monoisotopic (exact) mass is 546 g/mol. The van der Waals surface area contributed by atoms with E-state index in [4.69, 9.17) is 11.5 Å². The summed E-state index contributed by atoms with van der Waals surface area (Å²) in [5.74, 6) is -2.99. The van der Waals surface area contributed by atoms with E-state index >= 15 is 4.39 Å². The number of anilines is 3. The highest BCUT2D eigenvalue weighted by Gasteiger charge is 2.37. The summed E-state index contributed by atoms with van der Waals surface area (Å²) in [6.07, 6.45) is 0. The molecule has 3 amide bonds. The molecule has 1 atom stereocenters. The van der Waals surface area contributed by atoms with Crippen molar-refractivity contribution in [1.29, 1.82) is 0 Å². The number of nitrogens with one attached hydrogen (secondary N) is 1. The number of halogens is 1. The molecule has 0 saturated carbocycles. The number of rotatable bonds is 9. The van der Waals surface area contributed by atoms with E-state index < -0.39 is 29.6 Å². The Morgan fingerprint density at radius 2 is 1.62 bits per heavy atom. The first-order valence-electron chi connectivity index (χ1n) is 11.9. The topological polar surface area (TPSA) is 135 Å². The van der Waals surface area contributed by atoms with Crippen LogP contribution in [-0.2, 0) is 11.3 Å². The van der Waals surface area contributed by atoms with Gasteiger partial charge in [0, 0.05) is 26.3 Å². The van der Waals surface area contributed by atoms with Gasteiger partial charge in [-0.05, 0) is 46.9 Å². The van der Waals surface area contributed by atoms with Crippen molar-refractivity contribution in [2.45, 2.75) is 12.6 Å². The molecule has 0 radical (unpaired) electrons. The van der Waals surface area contributed by atoms with E-state index in [1.54, 1.807) is 30.3 Å². The van der Waals surface area contributed by atoms with Gasteiger partial charge in [-0.1, -0.05) is 54.6 Å². The van der Waals surface area contributed by atoms with Crippen molar-refractivity contribution < 1.29 is 18.8 Å². The van der Waals surface area contributed by atoms with E-state index in [0.29, 0.717) is 17.1 Å². The second-order valence-electron chi connectivity index (χ2n) is 8.86. The fourth-order valence-corrected chi connectivity index (χ4v) is 4.75. The third kappa shape index (κ3) is 5.88. The number of benzene rings is 3. The summed E-state index contributed by atoms with van der Waals surface area (Å²) < 4.78 is 19.2. The van der Waals surface area contributed by atoms with Crippen LogP contribution in [0.4, 0.5) is 21.5 Å². The van der Waals surface area contributed by atoms with E-state index in [1.807, 2.05) is 49.3 Å². The summed E-state index contributed by atoms with van der Waals surface area (Å²) in [6, 6.07) is 20.6. The van der Waals surface area contributed by atoms with Crippen LogP contribution in [0.3, 0.4) is 0 Å². The number of aromatic nitrogens is 1. The Balaban J connectivity index is 1.85. The highest BCUT2D eigenvalue weighted by molar-refractivity contribution is 7.09. The lowest BCUT2D eigenvalue weighted by molar-refractivity contribution is -0.122. The number of carbonyl (C=O) groups excluding carboxylic acids is 3. The number of carbonyl (C=O) groups is 3. The molecular weight excluding hydrogens is 519 g/mol. The van der Waals surface area contributed by atoms with Gasteiger partial charge >= 0.3 is 0 Å². The standard InChI is InChI=1S/C28H27FN6O3S/c1-34(2)19-14-12-18(13-15-19)24(27(37)32-16-17-8-4-3-5-9-17)35(21-11-7-6-10-20(21)29)28(38)25-22(30)23(26(31)36)33-39-25/h3-15,24H,16,30H2,1-2H3,(H2,31,36)(H,32,37)/t24-/m1/s1. The molecule has 0 unspecified atom stereocenters. The molecule has 200 valence electrons. The summed E-state index contributed by atoms with van der Waals surface area (Å²) >= 11 is 0.654. The van der Waals surface area contributed by atoms with E-state index in [1.165, 1.54) is 18.2 Å². The average Bonchev–Trinajstić information content (AvgIpc) is 3.32. The van der Waals surface area contributed by atoms with Gasteiger partial charge in [0.25, 0.3) is 11.8 Å². The van der Waals surface area contributed by atoms with E-state index in [9.17, 15) is 14.4 Å². The zero-order valence-electron chi connectivity index (χ0n) is 21.3. The van der Waals surface area contributed by atoms with Gasteiger partial charge < -0.3 is 21.7 Å². The highest BCUT2D eigenvalue weighted by atomic mass is 32.1. The molecule has 3 aromatic carbocycles. The van der Waals surface area contributed by atoms with Crippen molar-refractivity contribution in [2.24, 2.45) is 5.73 Å². The van der Waals surface area contributed by atoms with Crippen LogP contribution in [0.15, 0.2) is 78.9 Å². The molecular formula is C28H27FN6O3S. The molecule has 0 aliphatic carbocycles. The van der Waals surface area contributed by atoms with Crippen molar-refractivity contribution >= 4 is 46.3 Å². The van der Waals surface area contributed by atoms with Gasteiger partial charge in [0.15, 0.2) is 5.69 Å². The number of para-hydroxylation sites is 1. The van der Waals surface area contributed by atoms with Crippen LogP contribution >= 0.6 is 11.5 Å². The molecule has 0 saturated heterocycles. The molecule has 5 N–H and O–H groups in total. The minimum Gasteiger partial charge on any atom is -0.395 e. The van der Waals surface area contributed by atoms with Crippen molar-refractivity contribution in [3.05, 3.63) is 106 Å². The van der Waals surface area contributed by atoms with Crippen molar-refractivity contribution in [1.82, 2.24) is 9.69 Å². The van der Waals surface area contributed by atoms with Crippen LogP contribution in [0, 0.1) is 5.82 Å². The number of nitrogen functional groups attached to an aromatic ring is 1. The molecule has 0 aliphatic rings. The Kier molecular flexibility index (Phi) is 8.21. The lowest BCUT2D eigenvalue weighted by Crippen LogP contribution is -2.44. The Morgan fingerprint density at radius 3 is 2.21 bits per heavy atom. The van der Waals surface area contributed by atoms with Gasteiger partial charge in [0.2, 0.25) is 5.91 Å². The van der Waals surface area contributed by atoms with Crippen LogP contribution in [0.1, 0.15) is 37.3 Å². The lowest BCUT2D eigenvalue weighted by Gasteiger charge is -2.31. The second-order valence-corrected chi connectivity index (χ2v) is 9.63. The molecule has 39 heavy (non-hydrogen) atoms. The first kappa shape index (κ1) is 27.3. The fourth-order valence-electron chi connectivity index (χ4n) is 4.01. The van der Waals surface area contributed by atoms with Crippen molar-refractivity contribution in [3.8, 4) is 0 Å². The van der Waals surface area contributed by atoms with Gasteiger partial charge in [-0.3, -0.25) is 19.3 Å². The van der Waals surface area contributed by atoms with Gasteiger partial charge in [0.05, 0.1) is 11.4 Å². The predicted molar refractivity (Wildman–Crippen MR) is 150 cm³/mol. The highest BCUT2D eigenvalue weighted by Crippen LogP contribution is 2.35. The van der Waals surface area contributed by atoms with E-state index in [-0.39, 0.29) is 28.5 Å². The second kappa shape index (κ2) is 11.7. The maximum absolute atomic E-state index is 15.3. The zero-order chi connectivity index (χ0) is 28.1. The number of primary amides is 1. The Morgan fingerprint density at radius 1 is 0.974 bits per heavy atom. The zero-order valence-corrected chi connectivity index (χ0v) is 22.1. The Labute approximate surface area is 229 Å². The smallest absolute Gasteiger partial charge is 0.273 e. The SMILES string of the molecule is CN(C)c1ccc([C@H](C(=O)NCc2ccccc2)N(C(=O)c2snc(C(N)=O)c2N)c2ccccc2F)cc1. The van der Waals surface area contributed by atoms with Crippen LogP contribution in [0.25, 0.3) is 0 Å². The lowest BCUT2D eigenvalue weighted by atomic mass is 10.0. The number of amides is 3. The molecule has 9 nitrogen and oxygen atoms in total. The maximum Gasteiger partial charge on any atom is 0.273 e. The molecule has 4 rings (SSSR count). The number of hydrogen-bond donors (Lipinski definition) is 3. The largest absolute Gasteiger partial charge is 0.395 e. The third-order valence-electron chi connectivity index (χ3n) is 6.03. The fraction of sp³-hybridized carbons (Fsp3) is 0.143. The van der Waals surface area contributed by atoms with Gasteiger partial charge in [0.1, 0.15) is 16.7 Å². The average molecular weight is 547 g/mol. The van der Waals surface area contributed by atoms with Crippen LogP contribution in [0.2, 0.25) is 0 Å². The van der Waals surface area contributed by atoms with Crippen LogP contribution in [0.5, 0.6) is 0 Å².